The lowest BCUT2D eigenvalue weighted by Crippen LogP contribution is -1.95. The van der Waals surface area contributed by atoms with Crippen LogP contribution in [-0.4, -0.2) is 8.97 Å². The number of para-hydroxylation sites is 2. The summed E-state index contributed by atoms with van der Waals surface area (Å²) >= 11 is 0. The van der Waals surface area contributed by atoms with Gasteiger partial charge in [-0.1, -0.05) is 140 Å². The van der Waals surface area contributed by atoms with E-state index in [4.69, 9.17) is 0 Å². The Hall–Kier alpha value is -6.38. The molecule has 0 bridgehead atoms. The number of benzene rings is 8. The molecule has 0 aliphatic carbocycles. The fraction of sp³-hybridized carbons (Fsp3) is 0. The van der Waals surface area contributed by atoms with Crippen LogP contribution in [0.25, 0.3) is 98.6 Å². The van der Waals surface area contributed by atoms with Crippen molar-refractivity contribution in [3.05, 3.63) is 170 Å². The Morgan fingerprint density at radius 1 is 0.292 bits per heavy atom. The summed E-state index contributed by atoms with van der Waals surface area (Å²) in [6, 6.07) is 62.3. The number of aromatic nitrogens is 2. The zero-order valence-corrected chi connectivity index (χ0v) is 26.1. The SMILES string of the molecule is c1ccc(-c2cccc(-n3c4ccc(-c5ccccc5)cc4c4c5ccccc5c5c(c6cccc7c8ccccc8n5c76)c43)c2)cc1. The van der Waals surface area contributed by atoms with Gasteiger partial charge in [-0.25, -0.2) is 0 Å². The lowest BCUT2D eigenvalue weighted by molar-refractivity contribution is 1.19. The van der Waals surface area contributed by atoms with Crippen LogP contribution in [0.4, 0.5) is 0 Å². The molecule has 0 unspecified atom stereocenters. The number of hydrogen-bond acceptors (Lipinski definition) is 0. The zero-order valence-electron chi connectivity index (χ0n) is 26.1. The van der Waals surface area contributed by atoms with Crippen molar-refractivity contribution in [1.29, 1.82) is 0 Å². The third kappa shape index (κ3) is 3.36. The molecule has 2 heteroatoms. The molecule has 0 aliphatic rings. The summed E-state index contributed by atoms with van der Waals surface area (Å²) in [7, 11) is 0. The standard InChI is InChI=1S/C46H28N2/c1-3-13-29(14-4-1)31-17-11-18-33(27-31)47-41-26-25-32(30-15-5-2-6-16-30)28-39(41)42-35-20-7-8-21-37(35)45-43(46(42)47)38-23-12-22-36-34-19-9-10-24-40(34)48(45)44(36)38/h1-28H. The molecule has 8 aromatic carbocycles. The quantitative estimate of drug-likeness (QED) is 0.189. The first kappa shape index (κ1) is 25.8. The third-order valence-electron chi connectivity index (χ3n) is 10.4. The first-order valence-corrected chi connectivity index (χ1v) is 16.6. The van der Waals surface area contributed by atoms with Gasteiger partial charge in [0.1, 0.15) is 0 Å². The number of fused-ring (bicyclic) bond motifs is 13. The van der Waals surface area contributed by atoms with Crippen LogP contribution in [0.5, 0.6) is 0 Å². The second-order valence-electron chi connectivity index (χ2n) is 12.9. The highest BCUT2D eigenvalue weighted by Gasteiger charge is 2.26. The molecule has 0 amide bonds. The van der Waals surface area contributed by atoms with Crippen LogP contribution < -0.4 is 0 Å². The largest absolute Gasteiger partial charge is 0.308 e. The van der Waals surface area contributed by atoms with Gasteiger partial charge in [0.05, 0.1) is 27.6 Å². The van der Waals surface area contributed by atoms with E-state index in [-0.39, 0.29) is 0 Å². The van der Waals surface area contributed by atoms with Crippen LogP contribution in [0, 0.1) is 0 Å². The van der Waals surface area contributed by atoms with Crippen LogP contribution in [0.3, 0.4) is 0 Å². The Morgan fingerprint density at radius 2 is 0.875 bits per heavy atom. The molecule has 0 saturated heterocycles. The van der Waals surface area contributed by atoms with E-state index >= 15 is 0 Å². The minimum Gasteiger partial charge on any atom is -0.308 e. The molecule has 0 aliphatic heterocycles. The van der Waals surface area contributed by atoms with Gasteiger partial charge in [0.15, 0.2) is 0 Å². The Bertz CT molecular complexity index is 3040. The van der Waals surface area contributed by atoms with E-state index in [1.165, 1.54) is 92.9 Å². The summed E-state index contributed by atoms with van der Waals surface area (Å²) in [6.45, 7) is 0. The maximum Gasteiger partial charge on any atom is 0.0647 e. The topological polar surface area (TPSA) is 9.34 Å². The van der Waals surface area contributed by atoms with Gasteiger partial charge in [-0.15, -0.1) is 0 Å². The number of hydrogen-bond donors (Lipinski definition) is 0. The molecule has 3 aromatic heterocycles. The van der Waals surface area contributed by atoms with Crippen LogP contribution in [0.1, 0.15) is 0 Å². The summed E-state index contributed by atoms with van der Waals surface area (Å²) in [5.74, 6) is 0. The summed E-state index contributed by atoms with van der Waals surface area (Å²) in [4.78, 5) is 0. The van der Waals surface area contributed by atoms with Crippen molar-refractivity contribution in [1.82, 2.24) is 8.97 Å². The summed E-state index contributed by atoms with van der Waals surface area (Å²) < 4.78 is 5.07. The third-order valence-corrected chi connectivity index (χ3v) is 10.4. The predicted octanol–water partition coefficient (Wildman–Crippen LogP) is 12.4. The fourth-order valence-electron chi connectivity index (χ4n) is 8.43. The van der Waals surface area contributed by atoms with E-state index in [2.05, 4.69) is 179 Å². The molecule has 11 rings (SSSR count). The van der Waals surface area contributed by atoms with Crippen molar-refractivity contribution < 1.29 is 0 Å². The van der Waals surface area contributed by atoms with Gasteiger partial charge in [-0.05, 0) is 58.0 Å². The lowest BCUT2D eigenvalue weighted by atomic mass is 9.97. The molecule has 0 radical (unpaired) electrons. The first-order valence-electron chi connectivity index (χ1n) is 16.6. The van der Waals surface area contributed by atoms with Crippen LogP contribution in [0.2, 0.25) is 0 Å². The van der Waals surface area contributed by atoms with Gasteiger partial charge in [0.2, 0.25) is 0 Å². The van der Waals surface area contributed by atoms with Crippen LogP contribution >= 0.6 is 0 Å². The van der Waals surface area contributed by atoms with Crippen molar-refractivity contribution in [2.45, 2.75) is 0 Å². The maximum absolute atomic E-state index is 2.54. The Balaban J connectivity index is 1.40. The van der Waals surface area contributed by atoms with E-state index in [9.17, 15) is 0 Å². The van der Waals surface area contributed by atoms with Gasteiger partial charge >= 0.3 is 0 Å². The van der Waals surface area contributed by atoms with Gasteiger partial charge in [-0.3, -0.25) is 0 Å². The average molecular weight is 609 g/mol. The Labute approximate surface area is 276 Å². The monoisotopic (exact) mass is 608 g/mol. The second kappa shape index (κ2) is 9.57. The summed E-state index contributed by atoms with van der Waals surface area (Å²) in [6.07, 6.45) is 0. The minimum absolute atomic E-state index is 1.16. The zero-order chi connectivity index (χ0) is 31.3. The van der Waals surface area contributed by atoms with Crippen molar-refractivity contribution in [2.75, 3.05) is 0 Å². The first-order chi connectivity index (χ1) is 23.8. The van der Waals surface area contributed by atoms with Crippen LogP contribution in [0.15, 0.2) is 170 Å². The van der Waals surface area contributed by atoms with Crippen molar-refractivity contribution >= 4 is 70.7 Å². The van der Waals surface area contributed by atoms with Crippen molar-refractivity contribution in [3.8, 4) is 27.9 Å². The molecule has 0 atom stereocenters. The molecular formula is C46H28N2. The van der Waals surface area contributed by atoms with Gasteiger partial charge in [0.25, 0.3) is 0 Å². The molecule has 0 saturated carbocycles. The molecule has 2 nitrogen and oxygen atoms in total. The number of rotatable bonds is 3. The van der Waals surface area contributed by atoms with E-state index in [0.717, 1.165) is 5.69 Å². The van der Waals surface area contributed by atoms with Crippen molar-refractivity contribution in [3.63, 3.8) is 0 Å². The van der Waals surface area contributed by atoms with E-state index in [1.807, 2.05) is 0 Å². The number of nitrogens with zero attached hydrogens (tertiary/aromatic N) is 2. The lowest BCUT2D eigenvalue weighted by Gasteiger charge is -2.13. The van der Waals surface area contributed by atoms with Crippen molar-refractivity contribution in [2.24, 2.45) is 0 Å². The van der Waals surface area contributed by atoms with Gasteiger partial charge < -0.3 is 8.97 Å². The highest BCUT2D eigenvalue weighted by Crippen LogP contribution is 2.49. The van der Waals surface area contributed by atoms with E-state index in [1.54, 1.807) is 0 Å². The average Bonchev–Trinajstić information content (AvgIpc) is 3.81. The van der Waals surface area contributed by atoms with Gasteiger partial charge in [-0.2, -0.15) is 0 Å². The van der Waals surface area contributed by atoms with E-state index < -0.39 is 0 Å². The normalized spacial score (nSPS) is 12.2. The molecule has 0 spiro atoms. The fourth-order valence-corrected chi connectivity index (χ4v) is 8.43. The molecule has 0 N–H and O–H groups in total. The molecule has 3 heterocycles. The molecule has 222 valence electrons. The van der Waals surface area contributed by atoms with E-state index in [0.29, 0.717) is 0 Å². The molecule has 48 heavy (non-hydrogen) atoms. The second-order valence-corrected chi connectivity index (χ2v) is 12.9. The highest BCUT2D eigenvalue weighted by atomic mass is 15.0. The molecular weight excluding hydrogens is 581 g/mol. The predicted molar refractivity (Wildman–Crippen MR) is 204 cm³/mol. The summed E-state index contributed by atoms with van der Waals surface area (Å²) in [5.41, 5.74) is 12.3. The highest BCUT2D eigenvalue weighted by molar-refractivity contribution is 6.39. The summed E-state index contributed by atoms with van der Waals surface area (Å²) in [5, 5.41) is 10.3. The smallest absolute Gasteiger partial charge is 0.0647 e. The van der Waals surface area contributed by atoms with Gasteiger partial charge in [0, 0.05) is 43.4 Å². The Morgan fingerprint density at radius 3 is 1.67 bits per heavy atom. The molecule has 0 fully saturated rings. The minimum atomic E-state index is 1.16. The Kier molecular flexibility index (Phi) is 5.14. The maximum atomic E-state index is 2.54. The molecule has 11 aromatic rings. The van der Waals surface area contributed by atoms with Crippen LogP contribution in [-0.2, 0) is 0 Å².